The Balaban J connectivity index is 1.73. The van der Waals surface area contributed by atoms with Crippen LogP contribution in [0.5, 0.6) is 0 Å². The van der Waals surface area contributed by atoms with E-state index in [1.54, 1.807) is 6.07 Å². The molecule has 0 atom stereocenters. The van der Waals surface area contributed by atoms with E-state index in [9.17, 15) is 8.78 Å². The molecule has 100 valence electrons. The van der Waals surface area contributed by atoms with Crippen molar-refractivity contribution in [2.75, 3.05) is 19.6 Å². The van der Waals surface area contributed by atoms with E-state index < -0.39 is 11.6 Å². The van der Waals surface area contributed by atoms with E-state index in [-0.39, 0.29) is 5.41 Å². The molecule has 2 rings (SSSR count). The number of halogens is 2. The van der Waals surface area contributed by atoms with Crippen molar-refractivity contribution >= 4 is 0 Å². The summed E-state index contributed by atoms with van der Waals surface area (Å²) < 4.78 is 25.7. The van der Waals surface area contributed by atoms with Crippen molar-refractivity contribution < 1.29 is 8.78 Å². The van der Waals surface area contributed by atoms with E-state index in [1.165, 1.54) is 31.4 Å². The fraction of sp³-hybridized carbons (Fsp3) is 0.571. The molecule has 1 aromatic carbocycles. The van der Waals surface area contributed by atoms with Gasteiger partial charge in [-0.15, -0.1) is 0 Å². The molecule has 3 N–H and O–H groups in total. The van der Waals surface area contributed by atoms with E-state index in [4.69, 9.17) is 5.73 Å². The smallest absolute Gasteiger partial charge is 0.159 e. The standard InChI is InChI=1S/C14H20F2N2/c15-12-3-2-11(8-13(12)16)4-7-18-10-14(9-17)5-1-6-14/h2-3,8,18H,1,4-7,9-10,17H2. The summed E-state index contributed by atoms with van der Waals surface area (Å²) in [6.45, 7) is 2.42. The van der Waals surface area contributed by atoms with E-state index in [0.29, 0.717) is 6.42 Å². The van der Waals surface area contributed by atoms with Crippen LogP contribution in [0.4, 0.5) is 8.78 Å². The van der Waals surface area contributed by atoms with Crippen LogP contribution >= 0.6 is 0 Å². The number of rotatable bonds is 6. The Morgan fingerprint density at radius 1 is 1.22 bits per heavy atom. The van der Waals surface area contributed by atoms with Crippen molar-refractivity contribution in [3.63, 3.8) is 0 Å². The number of nitrogens with one attached hydrogen (secondary N) is 1. The molecule has 1 saturated carbocycles. The first-order chi connectivity index (χ1) is 8.65. The number of nitrogens with two attached hydrogens (primary N) is 1. The number of benzene rings is 1. The van der Waals surface area contributed by atoms with Crippen molar-refractivity contribution in [3.05, 3.63) is 35.4 Å². The van der Waals surface area contributed by atoms with Crippen LogP contribution in [0.15, 0.2) is 18.2 Å². The Morgan fingerprint density at radius 2 is 2.00 bits per heavy atom. The minimum atomic E-state index is -0.789. The third-order valence-corrected chi connectivity index (χ3v) is 3.92. The second kappa shape index (κ2) is 5.76. The van der Waals surface area contributed by atoms with Gasteiger partial charge < -0.3 is 11.1 Å². The highest BCUT2D eigenvalue weighted by Crippen LogP contribution is 2.38. The van der Waals surface area contributed by atoms with Gasteiger partial charge in [-0.1, -0.05) is 12.5 Å². The molecule has 0 aliphatic heterocycles. The van der Waals surface area contributed by atoms with Crippen LogP contribution in [0.2, 0.25) is 0 Å². The van der Waals surface area contributed by atoms with Gasteiger partial charge in [0.15, 0.2) is 11.6 Å². The molecule has 0 spiro atoms. The summed E-state index contributed by atoms with van der Waals surface area (Å²) in [6.07, 6.45) is 4.36. The van der Waals surface area contributed by atoms with Crippen LogP contribution in [-0.2, 0) is 6.42 Å². The van der Waals surface area contributed by atoms with Gasteiger partial charge in [0.1, 0.15) is 0 Å². The molecule has 1 aliphatic carbocycles. The largest absolute Gasteiger partial charge is 0.330 e. The molecule has 0 saturated heterocycles. The van der Waals surface area contributed by atoms with Gasteiger partial charge in [-0.3, -0.25) is 0 Å². The van der Waals surface area contributed by atoms with Gasteiger partial charge in [0.05, 0.1) is 0 Å². The van der Waals surface area contributed by atoms with Gasteiger partial charge in [-0.05, 0) is 55.5 Å². The molecule has 0 bridgehead atoms. The van der Waals surface area contributed by atoms with Crippen molar-refractivity contribution in [2.24, 2.45) is 11.1 Å². The van der Waals surface area contributed by atoms with E-state index in [2.05, 4.69) is 5.32 Å². The Bertz CT molecular complexity index is 397. The zero-order valence-corrected chi connectivity index (χ0v) is 10.5. The molecule has 18 heavy (non-hydrogen) atoms. The van der Waals surface area contributed by atoms with Crippen LogP contribution in [-0.4, -0.2) is 19.6 Å². The zero-order valence-electron chi connectivity index (χ0n) is 10.5. The first kappa shape index (κ1) is 13.4. The Hall–Kier alpha value is -1.00. The summed E-state index contributed by atoms with van der Waals surface area (Å²) in [5, 5.41) is 3.37. The second-order valence-corrected chi connectivity index (χ2v) is 5.23. The predicted octanol–water partition coefficient (Wildman–Crippen LogP) is 2.23. The van der Waals surface area contributed by atoms with Gasteiger partial charge in [-0.25, -0.2) is 8.78 Å². The quantitative estimate of drug-likeness (QED) is 0.764. The zero-order chi connectivity index (χ0) is 13.0. The number of hydrogen-bond acceptors (Lipinski definition) is 2. The van der Waals surface area contributed by atoms with Crippen LogP contribution < -0.4 is 11.1 Å². The first-order valence-corrected chi connectivity index (χ1v) is 6.50. The summed E-state index contributed by atoms with van der Waals surface area (Å²) in [6, 6.07) is 4.07. The molecule has 2 nitrogen and oxygen atoms in total. The van der Waals surface area contributed by atoms with Gasteiger partial charge in [0.2, 0.25) is 0 Å². The van der Waals surface area contributed by atoms with Crippen molar-refractivity contribution in [1.82, 2.24) is 5.32 Å². The van der Waals surface area contributed by atoms with Gasteiger partial charge >= 0.3 is 0 Å². The molecule has 0 heterocycles. The molecule has 4 heteroatoms. The highest BCUT2D eigenvalue weighted by molar-refractivity contribution is 5.18. The lowest BCUT2D eigenvalue weighted by Crippen LogP contribution is -2.45. The molecule has 0 aromatic heterocycles. The lowest BCUT2D eigenvalue weighted by atomic mass is 9.69. The first-order valence-electron chi connectivity index (χ1n) is 6.50. The Kier molecular flexibility index (Phi) is 4.30. The third-order valence-electron chi connectivity index (χ3n) is 3.92. The molecule has 0 radical (unpaired) electrons. The minimum Gasteiger partial charge on any atom is -0.330 e. The SMILES string of the molecule is NCC1(CNCCc2ccc(F)c(F)c2)CCC1. The summed E-state index contributed by atoms with van der Waals surface area (Å²) >= 11 is 0. The molecule has 0 unspecified atom stereocenters. The minimum absolute atomic E-state index is 0.286. The van der Waals surface area contributed by atoms with Crippen molar-refractivity contribution in [2.45, 2.75) is 25.7 Å². The van der Waals surface area contributed by atoms with Crippen LogP contribution in [0.3, 0.4) is 0 Å². The topological polar surface area (TPSA) is 38.0 Å². The molecular weight excluding hydrogens is 234 g/mol. The maximum absolute atomic E-state index is 13.0. The molecule has 1 aliphatic rings. The van der Waals surface area contributed by atoms with Crippen molar-refractivity contribution in [3.8, 4) is 0 Å². The Labute approximate surface area is 107 Å². The molecule has 1 fully saturated rings. The highest BCUT2D eigenvalue weighted by atomic mass is 19.2. The molecule has 0 amide bonds. The maximum Gasteiger partial charge on any atom is 0.159 e. The van der Waals surface area contributed by atoms with E-state index in [0.717, 1.165) is 25.2 Å². The fourth-order valence-corrected chi connectivity index (χ4v) is 2.41. The van der Waals surface area contributed by atoms with Crippen LogP contribution in [0.1, 0.15) is 24.8 Å². The fourth-order valence-electron chi connectivity index (χ4n) is 2.41. The summed E-state index contributed by atoms with van der Waals surface area (Å²) in [5.74, 6) is -1.56. The van der Waals surface area contributed by atoms with Crippen molar-refractivity contribution in [1.29, 1.82) is 0 Å². The number of hydrogen-bond donors (Lipinski definition) is 2. The van der Waals surface area contributed by atoms with Gasteiger partial charge in [0.25, 0.3) is 0 Å². The third kappa shape index (κ3) is 3.06. The molecule has 1 aromatic rings. The summed E-state index contributed by atoms with van der Waals surface area (Å²) in [5.41, 5.74) is 6.87. The summed E-state index contributed by atoms with van der Waals surface area (Å²) in [4.78, 5) is 0. The molecular formula is C14H20F2N2. The average molecular weight is 254 g/mol. The van der Waals surface area contributed by atoms with Crippen LogP contribution in [0, 0.1) is 17.0 Å². The highest BCUT2D eigenvalue weighted by Gasteiger charge is 2.34. The predicted molar refractivity (Wildman–Crippen MR) is 68.3 cm³/mol. The lowest BCUT2D eigenvalue weighted by molar-refractivity contribution is 0.141. The lowest BCUT2D eigenvalue weighted by Gasteiger charge is -2.41. The second-order valence-electron chi connectivity index (χ2n) is 5.23. The normalized spacial score (nSPS) is 17.5. The van der Waals surface area contributed by atoms with Gasteiger partial charge in [0, 0.05) is 6.54 Å². The van der Waals surface area contributed by atoms with E-state index >= 15 is 0 Å². The Morgan fingerprint density at radius 3 is 2.56 bits per heavy atom. The van der Waals surface area contributed by atoms with Gasteiger partial charge in [-0.2, -0.15) is 0 Å². The average Bonchev–Trinajstić information content (AvgIpc) is 2.32. The monoisotopic (exact) mass is 254 g/mol. The maximum atomic E-state index is 13.0. The summed E-state index contributed by atoms with van der Waals surface area (Å²) in [7, 11) is 0. The van der Waals surface area contributed by atoms with E-state index in [1.807, 2.05) is 0 Å². The van der Waals surface area contributed by atoms with Crippen LogP contribution in [0.25, 0.3) is 0 Å².